The molecule has 1 fully saturated rings. The number of hydrogen-bond donors (Lipinski definition) is 1. The molecular weight excluding hydrogens is 322 g/mol. The maximum absolute atomic E-state index is 12.3. The number of nitrogens with one attached hydrogen (secondary N) is 1. The van der Waals surface area contributed by atoms with E-state index in [9.17, 15) is 4.79 Å². The van der Waals surface area contributed by atoms with Crippen LogP contribution in [0.5, 0.6) is 0 Å². The van der Waals surface area contributed by atoms with E-state index in [1.165, 1.54) is 16.9 Å². The molecule has 24 heavy (non-hydrogen) atoms. The number of ether oxygens (including phenoxy) is 1. The average Bonchev–Trinajstić information content (AvgIpc) is 3.03. The highest BCUT2D eigenvalue weighted by molar-refractivity contribution is 7.14. The molecule has 1 saturated heterocycles. The predicted octanol–water partition coefficient (Wildman–Crippen LogP) is 2.94. The standard InChI is InChI=1S/C18H23N3O2S/c1-2-16-18(24-13-19-16)20-17(22)10-15-12-21(8-9-23-15)11-14-6-4-3-5-7-14/h3-7,13,15H,2,8-12H2,1H3,(H,20,22)/t15-/m0/s1. The number of amides is 1. The Labute approximate surface area is 146 Å². The molecule has 1 aromatic heterocycles. The number of carbonyl (C=O) groups is 1. The molecule has 0 saturated carbocycles. The lowest BCUT2D eigenvalue weighted by molar-refractivity contribution is -0.121. The summed E-state index contributed by atoms with van der Waals surface area (Å²) in [6, 6.07) is 10.4. The van der Waals surface area contributed by atoms with E-state index in [-0.39, 0.29) is 12.0 Å². The first-order valence-electron chi connectivity index (χ1n) is 8.34. The van der Waals surface area contributed by atoms with Crippen LogP contribution in [0.25, 0.3) is 0 Å². The number of rotatable bonds is 6. The second kappa shape index (κ2) is 8.37. The summed E-state index contributed by atoms with van der Waals surface area (Å²) in [5, 5.41) is 3.83. The van der Waals surface area contributed by atoms with Gasteiger partial charge in [-0.2, -0.15) is 0 Å². The van der Waals surface area contributed by atoms with Gasteiger partial charge in [0.05, 0.1) is 30.3 Å². The largest absolute Gasteiger partial charge is 0.375 e. The number of benzene rings is 1. The van der Waals surface area contributed by atoms with E-state index in [4.69, 9.17) is 4.74 Å². The van der Waals surface area contributed by atoms with Crippen LogP contribution in [0.15, 0.2) is 35.8 Å². The molecular formula is C18H23N3O2S. The number of aromatic nitrogens is 1. The summed E-state index contributed by atoms with van der Waals surface area (Å²) in [7, 11) is 0. The monoisotopic (exact) mass is 345 g/mol. The Hall–Kier alpha value is -1.76. The van der Waals surface area contributed by atoms with Gasteiger partial charge in [0.2, 0.25) is 5.91 Å². The topological polar surface area (TPSA) is 54.5 Å². The maximum Gasteiger partial charge on any atom is 0.227 e. The normalized spacial score (nSPS) is 18.5. The molecule has 0 radical (unpaired) electrons. The molecule has 1 amide bonds. The van der Waals surface area contributed by atoms with Crippen molar-refractivity contribution in [1.82, 2.24) is 9.88 Å². The van der Waals surface area contributed by atoms with Crippen LogP contribution in [-0.4, -0.2) is 41.6 Å². The van der Waals surface area contributed by atoms with Crippen LogP contribution in [0.2, 0.25) is 0 Å². The third-order valence-corrected chi connectivity index (χ3v) is 4.90. The van der Waals surface area contributed by atoms with Crippen molar-refractivity contribution in [3.05, 3.63) is 47.1 Å². The fraction of sp³-hybridized carbons (Fsp3) is 0.444. The minimum absolute atomic E-state index is 0.000473. The van der Waals surface area contributed by atoms with Gasteiger partial charge in [0.25, 0.3) is 0 Å². The highest BCUT2D eigenvalue weighted by Gasteiger charge is 2.23. The lowest BCUT2D eigenvalue weighted by Gasteiger charge is -2.32. The van der Waals surface area contributed by atoms with Crippen molar-refractivity contribution in [2.45, 2.75) is 32.4 Å². The Balaban J connectivity index is 1.50. The van der Waals surface area contributed by atoms with E-state index in [0.717, 1.165) is 36.8 Å². The SMILES string of the molecule is CCc1ncsc1NC(=O)C[C@H]1CN(Cc2ccccc2)CCO1. The zero-order chi connectivity index (χ0) is 16.8. The molecule has 0 unspecified atom stereocenters. The van der Waals surface area contributed by atoms with Crippen LogP contribution >= 0.6 is 11.3 Å². The predicted molar refractivity (Wildman–Crippen MR) is 96.2 cm³/mol. The Morgan fingerprint density at radius 3 is 3.04 bits per heavy atom. The zero-order valence-corrected chi connectivity index (χ0v) is 14.7. The Morgan fingerprint density at radius 1 is 1.42 bits per heavy atom. The fourth-order valence-corrected chi connectivity index (χ4v) is 3.69. The van der Waals surface area contributed by atoms with Gasteiger partial charge in [-0.3, -0.25) is 9.69 Å². The molecule has 0 bridgehead atoms. The minimum atomic E-state index is -0.0551. The third kappa shape index (κ3) is 4.63. The van der Waals surface area contributed by atoms with Crippen molar-refractivity contribution in [2.75, 3.05) is 25.0 Å². The summed E-state index contributed by atoms with van der Waals surface area (Å²) in [5.74, 6) is 0.000473. The lowest BCUT2D eigenvalue weighted by Crippen LogP contribution is -2.43. The van der Waals surface area contributed by atoms with E-state index in [1.807, 2.05) is 13.0 Å². The molecule has 1 aliphatic rings. The first-order valence-corrected chi connectivity index (χ1v) is 9.22. The minimum Gasteiger partial charge on any atom is -0.375 e. The van der Waals surface area contributed by atoms with Crippen molar-refractivity contribution in [2.24, 2.45) is 0 Å². The van der Waals surface area contributed by atoms with Gasteiger partial charge in [-0.05, 0) is 12.0 Å². The van der Waals surface area contributed by atoms with Crippen LogP contribution in [0.4, 0.5) is 5.00 Å². The summed E-state index contributed by atoms with van der Waals surface area (Å²) < 4.78 is 5.78. The molecule has 2 aromatic rings. The molecule has 1 aliphatic heterocycles. The van der Waals surface area contributed by atoms with Crippen LogP contribution in [-0.2, 0) is 22.5 Å². The maximum atomic E-state index is 12.3. The van der Waals surface area contributed by atoms with Crippen molar-refractivity contribution in [3.63, 3.8) is 0 Å². The van der Waals surface area contributed by atoms with Crippen molar-refractivity contribution < 1.29 is 9.53 Å². The van der Waals surface area contributed by atoms with Crippen molar-refractivity contribution in [3.8, 4) is 0 Å². The highest BCUT2D eigenvalue weighted by Crippen LogP contribution is 2.21. The van der Waals surface area contributed by atoms with E-state index < -0.39 is 0 Å². The molecule has 0 spiro atoms. The number of hydrogen-bond acceptors (Lipinski definition) is 5. The van der Waals surface area contributed by atoms with Gasteiger partial charge >= 0.3 is 0 Å². The third-order valence-electron chi connectivity index (χ3n) is 4.11. The van der Waals surface area contributed by atoms with E-state index in [0.29, 0.717) is 13.0 Å². The van der Waals surface area contributed by atoms with Gasteiger partial charge in [0.1, 0.15) is 5.00 Å². The lowest BCUT2D eigenvalue weighted by atomic mass is 10.1. The van der Waals surface area contributed by atoms with Crippen molar-refractivity contribution >= 4 is 22.2 Å². The number of anilines is 1. The molecule has 128 valence electrons. The van der Waals surface area contributed by atoms with E-state index >= 15 is 0 Å². The number of morpholine rings is 1. The first-order chi connectivity index (χ1) is 11.7. The second-order valence-corrected chi connectivity index (χ2v) is 6.80. The van der Waals surface area contributed by atoms with Gasteiger partial charge < -0.3 is 10.1 Å². The molecule has 1 atom stereocenters. The van der Waals surface area contributed by atoms with Crippen molar-refractivity contribution in [1.29, 1.82) is 0 Å². The molecule has 0 aliphatic carbocycles. The number of thiazole rings is 1. The fourth-order valence-electron chi connectivity index (χ4n) is 2.90. The average molecular weight is 345 g/mol. The van der Waals surface area contributed by atoms with E-state index in [2.05, 4.69) is 39.5 Å². The second-order valence-electron chi connectivity index (χ2n) is 5.95. The van der Waals surface area contributed by atoms with Gasteiger partial charge in [0, 0.05) is 19.6 Å². The first kappa shape index (κ1) is 17.1. The molecule has 5 nitrogen and oxygen atoms in total. The summed E-state index contributed by atoms with van der Waals surface area (Å²) in [5.41, 5.74) is 4.01. The smallest absolute Gasteiger partial charge is 0.227 e. The number of carbonyl (C=O) groups excluding carboxylic acids is 1. The van der Waals surface area contributed by atoms with Crippen LogP contribution in [0, 0.1) is 0 Å². The Kier molecular flexibility index (Phi) is 5.96. The number of aryl methyl sites for hydroxylation is 1. The summed E-state index contributed by atoms with van der Waals surface area (Å²) in [6.07, 6.45) is 1.15. The molecule has 3 rings (SSSR count). The highest BCUT2D eigenvalue weighted by atomic mass is 32.1. The Morgan fingerprint density at radius 2 is 2.25 bits per heavy atom. The number of nitrogens with zero attached hydrogens (tertiary/aromatic N) is 2. The summed E-state index contributed by atoms with van der Waals surface area (Å²) in [6.45, 7) is 5.30. The van der Waals surface area contributed by atoms with Gasteiger partial charge in [-0.1, -0.05) is 37.3 Å². The zero-order valence-electron chi connectivity index (χ0n) is 13.9. The van der Waals surface area contributed by atoms with Gasteiger partial charge in [-0.25, -0.2) is 4.98 Å². The van der Waals surface area contributed by atoms with E-state index in [1.54, 1.807) is 5.51 Å². The summed E-state index contributed by atoms with van der Waals surface area (Å²) in [4.78, 5) is 18.9. The summed E-state index contributed by atoms with van der Waals surface area (Å²) >= 11 is 1.47. The van der Waals surface area contributed by atoms with Crippen LogP contribution < -0.4 is 5.32 Å². The quantitative estimate of drug-likeness (QED) is 0.875. The Bertz CT molecular complexity index is 659. The van der Waals surface area contributed by atoms with Gasteiger partial charge in [-0.15, -0.1) is 11.3 Å². The van der Waals surface area contributed by atoms with Crippen LogP contribution in [0.1, 0.15) is 24.6 Å². The molecule has 6 heteroatoms. The molecule has 1 N–H and O–H groups in total. The van der Waals surface area contributed by atoms with Crippen LogP contribution in [0.3, 0.4) is 0 Å². The molecule has 1 aromatic carbocycles. The molecule has 2 heterocycles. The van der Waals surface area contributed by atoms with Gasteiger partial charge in [0.15, 0.2) is 0 Å².